The van der Waals surface area contributed by atoms with Gasteiger partial charge in [0.2, 0.25) is 0 Å². The second kappa shape index (κ2) is 65.0. The second-order valence-electron chi connectivity index (χ2n) is 27.3. The van der Waals surface area contributed by atoms with Crippen LogP contribution in [0.1, 0.15) is 375 Å². The predicted molar refractivity (Wildman–Crippen MR) is 372 cm³/mol. The molecule has 0 aliphatic rings. The molecule has 546 valence electrons. The molecule has 2 unspecified atom stereocenters. The van der Waals surface area contributed by atoms with Gasteiger partial charge in [-0.05, 0) is 37.5 Å². The lowest BCUT2D eigenvalue weighted by Gasteiger charge is -2.21. The molecule has 0 radical (unpaired) electrons. The van der Waals surface area contributed by atoms with E-state index in [1.165, 1.54) is 186 Å². The predicted octanol–water partition coefficient (Wildman–Crippen LogP) is 21.2. The van der Waals surface area contributed by atoms with Gasteiger partial charge in [0.15, 0.2) is 12.2 Å². The van der Waals surface area contributed by atoms with Crippen LogP contribution in [0, 0.1) is 11.8 Å². The van der Waals surface area contributed by atoms with Gasteiger partial charge in [-0.2, -0.15) is 0 Å². The van der Waals surface area contributed by atoms with Crippen LogP contribution < -0.4 is 0 Å². The van der Waals surface area contributed by atoms with Crippen molar-refractivity contribution in [2.24, 2.45) is 11.8 Å². The minimum atomic E-state index is -4.95. The van der Waals surface area contributed by atoms with Gasteiger partial charge in [0.05, 0.1) is 26.4 Å². The number of hydrogen-bond donors (Lipinski definition) is 3. The molecule has 0 saturated heterocycles. The highest BCUT2D eigenvalue weighted by Crippen LogP contribution is 2.45. The molecule has 0 aromatic carbocycles. The number of esters is 4. The van der Waals surface area contributed by atoms with Crippen molar-refractivity contribution in [2.75, 3.05) is 39.6 Å². The van der Waals surface area contributed by atoms with Gasteiger partial charge >= 0.3 is 39.5 Å². The maximum atomic E-state index is 13.1. The van der Waals surface area contributed by atoms with E-state index in [4.69, 9.17) is 37.0 Å². The summed E-state index contributed by atoms with van der Waals surface area (Å²) in [6.07, 6.45) is 51.9. The van der Waals surface area contributed by atoms with E-state index in [2.05, 4.69) is 41.5 Å². The fourth-order valence-electron chi connectivity index (χ4n) is 11.1. The van der Waals surface area contributed by atoms with Gasteiger partial charge in [-0.1, -0.05) is 324 Å². The number of ether oxygens (including phenoxy) is 4. The lowest BCUT2D eigenvalue weighted by molar-refractivity contribution is -0.161. The molecule has 19 heteroatoms. The van der Waals surface area contributed by atoms with Crippen LogP contribution in [-0.4, -0.2) is 96.7 Å². The highest BCUT2D eigenvalue weighted by atomic mass is 31.2. The molecule has 0 aromatic rings. The first kappa shape index (κ1) is 90.1. The largest absolute Gasteiger partial charge is 0.472 e. The van der Waals surface area contributed by atoms with Gasteiger partial charge in [0.25, 0.3) is 0 Å². The van der Waals surface area contributed by atoms with Crippen LogP contribution in [0.2, 0.25) is 0 Å². The molecule has 5 atom stereocenters. The number of rotatable bonds is 72. The Morgan fingerprint density at radius 3 is 0.739 bits per heavy atom. The Labute approximate surface area is 562 Å². The molecular formula is C73H142O17P2. The fourth-order valence-corrected chi connectivity index (χ4v) is 12.7. The van der Waals surface area contributed by atoms with E-state index in [0.29, 0.717) is 25.7 Å². The van der Waals surface area contributed by atoms with Crippen molar-refractivity contribution in [2.45, 2.75) is 394 Å². The van der Waals surface area contributed by atoms with Gasteiger partial charge in [0, 0.05) is 25.7 Å². The molecule has 92 heavy (non-hydrogen) atoms. The summed E-state index contributed by atoms with van der Waals surface area (Å²) in [6.45, 7) is 9.52. The maximum Gasteiger partial charge on any atom is 0.472 e. The minimum Gasteiger partial charge on any atom is -0.462 e. The molecule has 0 spiro atoms. The first-order valence-electron chi connectivity index (χ1n) is 38.0. The van der Waals surface area contributed by atoms with Crippen LogP contribution in [0.4, 0.5) is 0 Å². The number of carbonyl (C=O) groups is 4. The van der Waals surface area contributed by atoms with Gasteiger partial charge in [-0.15, -0.1) is 0 Å². The first-order valence-corrected chi connectivity index (χ1v) is 41.0. The number of phosphoric ester groups is 2. The van der Waals surface area contributed by atoms with Crippen LogP contribution >= 0.6 is 15.6 Å². The Morgan fingerprint density at radius 2 is 0.500 bits per heavy atom. The highest BCUT2D eigenvalue weighted by Gasteiger charge is 2.30. The summed E-state index contributed by atoms with van der Waals surface area (Å²) < 4.78 is 68.1. The third-order valence-corrected chi connectivity index (χ3v) is 18.9. The lowest BCUT2D eigenvalue weighted by Crippen LogP contribution is -2.30. The fraction of sp³-hybridized carbons (Fsp3) is 0.945. The Hall–Kier alpha value is -1.94. The summed E-state index contributed by atoms with van der Waals surface area (Å²) in [4.78, 5) is 72.3. The van der Waals surface area contributed by atoms with Crippen molar-refractivity contribution in [3.63, 3.8) is 0 Å². The van der Waals surface area contributed by atoms with Crippen LogP contribution in [-0.2, 0) is 65.4 Å². The van der Waals surface area contributed by atoms with E-state index in [1.807, 2.05) is 0 Å². The smallest absolute Gasteiger partial charge is 0.462 e. The Balaban J connectivity index is 5.10. The van der Waals surface area contributed by atoms with Gasteiger partial charge in [-0.3, -0.25) is 37.3 Å². The summed E-state index contributed by atoms with van der Waals surface area (Å²) in [7, 11) is -9.89. The number of unbranched alkanes of at least 4 members (excludes halogenated alkanes) is 42. The summed E-state index contributed by atoms with van der Waals surface area (Å²) in [5, 5.41) is 10.6. The zero-order chi connectivity index (χ0) is 67.9. The van der Waals surface area contributed by atoms with E-state index >= 15 is 0 Å². The lowest BCUT2D eigenvalue weighted by atomic mass is 10.0. The number of phosphoric acid groups is 2. The number of carbonyl (C=O) groups excluding carboxylic acids is 4. The average Bonchev–Trinajstić information content (AvgIpc) is 2.99. The molecular weight excluding hydrogens is 1210 g/mol. The van der Waals surface area contributed by atoms with Crippen molar-refractivity contribution in [3.8, 4) is 0 Å². The zero-order valence-corrected chi connectivity index (χ0v) is 61.6. The Bertz CT molecular complexity index is 1790. The van der Waals surface area contributed by atoms with Crippen LogP contribution in [0.25, 0.3) is 0 Å². The van der Waals surface area contributed by atoms with Crippen molar-refractivity contribution in [1.82, 2.24) is 0 Å². The van der Waals surface area contributed by atoms with E-state index in [0.717, 1.165) is 108 Å². The molecule has 17 nitrogen and oxygen atoms in total. The van der Waals surface area contributed by atoms with E-state index in [-0.39, 0.29) is 25.7 Å². The van der Waals surface area contributed by atoms with E-state index in [9.17, 15) is 43.2 Å². The van der Waals surface area contributed by atoms with E-state index < -0.39 is 97.5 Å². The third-order valence-electron chi connectivity index (χ3n) is 17.0. The van der Waals surface area contributed by atoms with Gasteiger partial charge in [-0.25, -0.2) is 9.13 Å². The Kier molecular flexibility index (Phi) is 63.7. The zero-order valence-electron chi connectivity index (χ0n) is 59.9. The van der Waals surface area contributed by atoms with Crippen LogP contribution in [0.15, 0.2) is 0 Å². The highest BCUT2D eigenvalue weighted by molar-refractivity contribution is 7.47. The first-order chi connectivity index (χ1) is 44.4. The number of aliphatic hydroxyl groups excluding tert-OH is 1. The SMILES string of the molecule is CCCCCCCCCCCC(=O)O[C@H](COC(=O)CCCCCCC)COP(=O)(O)OC[C@H](O)COP(=O)(O)OC[C@@H](COC(=O)CCCCCCCCCCCCCCCCC(C)C)OC(=O)CCCCCCCCCCCCCCCCCCCCC(C)C. The summed E-state index contributed by atoms with van der Waals surface area (Å²) in [5.74, 6) is -0.514. The second-order valence-corrected chi connectivity index (χ2v) is 30.2. The van der Waals surface area contributed by atoms with Crippen LogP contribution in [0.3, 0.4) is 0 Å². The molecule has 0 aromatic heterocycles. The monoisotopic (exact) mass is 1350 g/mol. The molecule has 0 heterocycles. The molecule has 0 amide bonds. The minimum absolute atomic E-state index is 0.105. The van der Waals surface area contributed by atoms with E-state index in [1.54, 1.807) is 0 Å². The van der Waals surface area contributed by atoms with Gasteiger partial charge in [0.1, 0.15) is 19.3 Å². The number of hydrogen-bond acceptors (Lipinski definition) is 15. The summed E-state index contributed by atoms with van der Waals surface area (Å²) >= 11 is 0. The normalized spacial score (nSPS) is 14.1. The van der Waals surface area contributed by atoms with Gasteiger partial charge < -0.3 is 33.8 Å². The van der Waals surface area contributed by atoms with Crippen LogP contribution in [0.5, 0.6) is 0 Å². The summed E-state index contributed by atoms with van der Waals surface area (Å²) in [6, 6.07) is 0. The molecule has 0 fully saturated rings. The molecule has 0 aliphatic heterocycles. The molecule has 0 saturated carbocycles. The quantitative estimate of drug-likeness (QED) is 0.0222. The molecule has 0 rings (SSSR count). The topological polar surface area (TPSA) is 237 Å². The molecule has 0 aliphatic carbocycles. The summed E-state index contributed by atoms with van der Waals surface area (Å²) in [5.41, 5.74) is 0. The molecule has 3 N–H and O–H groups in total. The average molecular weight is 1350 g/mol. The molecule has 0 bridgehead atoms. The van der Waals surface area contributed by atoms with Crippen molar-refractivity contribution in [3.05, 3.63) is 0 Å². The van der Waals surface area contributed by atoms with Crippen molar-refractivity contribution >= 4 is 39.5 Å². The Morgan fingerprint density at radius 1 is 0.293 bits per heavy atom. The number of aliphatic hydroxyl groups is 1. The van der Waals surface area contributed by atoms with Crippen molar-refractivity contribution < 1.29 is 80.2 Å². The van der Waals surface area contributed by atoms with Crippen molar-refractivity contribution in [1.29, 1.82) is 0 Å². The third kappa shape index (κ3) is 66.7. The maximum absolute atomic E-state index is 13.1. The standard InChI is InChI=1S/C73H142O17P2/c1-7-9-11-13-14-31-39-45-51-57-72(77)89-68(61-83-70(75)55-49-41-12-10-8-2)63-87-91(79,80)85-59-67(74)60-86-92(81,82)88-64-69(62-84-71(76)56-50-44-38-34-29-25-22-21-24-28-33-37-43-48-54-66(5)6)90-73(78)58-52-46-40-35-30-26-20-18-16-15-17-19-23-27-32-36-42-47-53-65(3)4/h65-69,74H,7-64H2,1-6H3,(H,79,80)(H,81,82)/t67-,68+,69+/m0/s1.